The summed E-state index contributed by atoms with van der Waals surface area (Å²) in [6, 6.07) is 0. The molecule has 1 heterocycles. The molecular weight excluding hydrogens is 220 g/mol. The zero-order chi connectivity index (χ0) is 9.52. The van der Waals surface area contributed by atoms with E-state index in [4.69, 9.17) is 0 Å². The molecule has 0 saturated carbocycles. The summed E-state index contributed by atoms with van der Waals surface area (Å²) in [5.74, 6) is 1.52. The lowest BCUT2D eigenvalue weighted by atomic mass is 10.1. The highest BCUT2D eigenvalue weighted by molar-refractivity contribution is 7.99. The SMILES string of the molecule is CSCC(=O)NCCC1CCNC1.Cl. The second-order valence-electron chi connectivity index (χ2n) is 3.43. The second kappa shape index (κ2) is 8.38. The van der Waals surface area contributed by atoms with E-state index in [9.17, 15) is 4.79 Å². The maximum Gasteiger partial charge on any atom is 0.229 e. The molecule has 0 spiro atoms. The first kappa shape index (κ1) is 14.1. The summed E-state index contributed by atoms with van der Waals surface area (Å²) in [5.41, 5.74) is 0. The molecule has 5 heteroatoms. The highest BCUT2D eigenvalue weighted by Gasteiger charge is 2.13. The summed E-state index contributed by atoms with van der Waals surface area (Å²) in [7, 11) is 0. The molecule has 0 aliphatic carbocycles. The van der Waals surface area contributed by atoms with Crippen LogP contribution in [-0.4, -0.2) is 37.6 Å². The molecule has 1 atom stereocenters. The smallest absolute Gasteiger partial charge is 0.229 e. The first-order chi connectivity index (χ1) is 6.33. The Balaban J connectivity index is 0.00000169. The molecule has 84 valence electrons. The van der Waals surface area contributed by atoms with Crippen LogP contribution in [0.2, 0.25) is 0 Å². The summed E-state index contributed by atoms with van der Waals surface area (Å²) < 4.78 is 0. The first-order valence-electron chi connectivity index (χ1n) is 4.79. The predicted molar refractivity (Wildman–Crippen MR) is 64.2 cm³/mol. The quantitative estimate of drug-likeness (QED) is 0.748. The Kier molecular flexibility index (Phi) is 8.43. The number of halogens is 1. The Morgan fingerprint density at radius 3 is 3.00 bits per heavy atom. The van der Waals surface area contributed by atoms with Crippen LogP contribution in [0.15, 0.2) is 0 Å². The largest absolute Gasteiger partial charge is 0.355 e. The van der Waals surface area contributed by atoms with Crippen molar-refractivity contribution < 1.29 is 4.79 Å². The molecule has 1 amide bonds. The van der Waals surface area contributed by atoms with Crippen LogP contribution < -0.4 is 10.6 Å². The molecule has 0 bridgehead atoms. The standard InChI is InChI=1S/C9H18N2OS.ClH/c1-13-7-9(12)11-5-3-8-2-4-10-6-8;/h8,10H,2-7H2,1H3,(H,11,12);1H. The summed E-state index contributed by atoms with van der Waals surface area (Å²) in [5, 5.41) is 6.24. The van der Waals surface area contributed by atoms with Gasteiger partial charge in [-0.3, -0.25) is 4.79 Å². The van der Waals surface area contributed by atoms with Gasteiger partial charge >= 0.3 is 0 Å². The highest BCUT2D eigenvalue weighted by atomic mass is 35.5. The van der Waals surface area contributed by atoms with E-state index in [2.05, 4.69) is 10.6 Å². The molecule has 0 aromatic heterocycles. The van der Waals surface area contributed by atoms with Crippen molar-refractivity contribution in [2.75, 3.05) is 31.6 Å². The first-order valence-corrected chi connectivity index (χ1v) is 6.18. The van der Waals surface area contributed by atoms with Crippen molar-refractivity contribution in [3.63, 3.8) is 0 Å². The Bertz CT molecular complexity index is 163. The van der Waals surface area contributed by atoms with E-state index in [1.165, 1.54) is 6.42 Å². The number of thioether (sulfide) groups is 1. The van der Waals surface area contributed by atoms with E-state index in [0.717, 1.165) is 32.0 Å². The van der Waals surface area contributed by atoms with E-state index >= 15 is 0 Å². The molecule has 0 aromatic rings. The van der Waals surface area contributed by atoms with Gasteiger partial charge in [-0.25, -0.2) is 0 Å². The van der Waals surface area contributed by atoms with Gasteiger partial charge in [0.05, 0.1) is 5.75 Å². The molecule has 3 nitrogen and oxygen atoms in total. The number of rotatable bonds is 5. The zero-order valence-electron chi connectivity index (χ0n) is 8.54. The fourth-order valence-electron chi connectivity index (χ4n) is 1.56. The summed E-state index contributed by atoms with van der Waals surface area (Å²) >= 11 is 1.57. The van der Waals surface area contributed by atoms with E-state index in [1.807, 2.05) is 6.26 Å². The van der Waals surface area contributed by atoms with Crippen molar-refractivity contribution in [1.29, 1.82) is 0 Å². The maximum absolute atomic E-state index is 11.1. The van der Waals surface area contributed by atoms with Crippen molar-refractivity contribution >= 4 is 30.1 Å². The van der Waals surface area contributed by atoms with Gasteiger partial charge in [-0.05, 0) is 38.1 Å². The zero-order valence-corrected chi connectivity index (χ0v) is 10.2. The molecule has 0 aromatic carbocycles. The molecule has 1 aliphatic heterocycles. The van der Waals surface area contributed by atoms with Crippen molar-refractivity contribution in [3.05, 3.63) is 0 Å². The molecular formula is C9H19ClN2OS. The van der Waals surface area contributed by atoms with Crippen molar-refractivity contribution in [2.24, 2.45) is 5.92 Å². The van der Waals surface area contributed by atoms with Crippen molar-refractivity contribution in [1.82, 2.24) is 10.6 Å². The van der Waals surface area contributed by atoms with Crippen molar-refractivity contribution in [2.45, 2.75) is 12.8 Å². The van der Waals surface area contributed by atoms with Gasteiger partial charge in [0.1, 0.15) is 0 Å². The number of carbonyl (C=O) groups is 1. The summed E-state index contributed by atoms with van der Waals surface area (Å²) in [6.07, 6.45) is 4.33. The predicted octanol–water partition coefficient (Wildman–Crippen LogP) is 0.887. The van der Waals surface area contributed by atoms with Gasteiger partial charge < -0.3 is 10.6 Å². The third kappa shape index (κ3) is 5.73. The molecule has 1 fully saturated rings. The number of hydrogen-bond donors (Lipinski definition) is 2. The number of hydrogen-bond acceptors (Lipinski definition) is 3. The molecule has 14 heavy (non-hydrogen) atoms. The molecule has 1 aliphatic rings. The maximum atomic E-state index is 11.1. The Hall–Kier alpha value is 0.0700. The van der Waals surface area contributed by atoms with Crippen LogP contribution in [0.5, 0.6) is 0 Å². The fraction of sp³-hybridized carbons (Fsp3) is 0.889. The van der Waals surface area contributed by atoms with E-state index < -0.39 is 0 Å². The van der Waals surface area contributed by atoms with Gasteiger partial charge in [0.15, 0.2) is 0 Å². The Morgan fingerprint density at radius 1 is 1.64 bits per heavy atom. The Labute approximate surface area is 96.2 Å². The van der Waals surface area contributed by atoms with Crippen LogP contribution in [0.1, 0.15) is 12.8 Å². The van der Waals surface area contributed by atoms with Crippen molar-refractivity contribution in [3.8, 4) is 0 Å². The minimum atomic E-state index is 0. The lowest BCUT2D eigenvalue weighted by Gasteiger charge is -2.08. The second-order valence-corrected chi connectivity index (χ2v) is 4.30. The lowest BCUT2D eigenvalue weighted by molar-refractivity contribution is -0.118. The van der Waals surface area contributed by atoms with Crippen LogP contribution in [0.4, 0.5) is 0 Å². The van der Waals surface area contributed by atoms with Crippen LogP contribution in [0.3, 0.4) is 0 Å². The molecule has 1 unspecified atom stereocenters. The van der Waals surface area contributed by atoms with E-state index in [0.29, 0.717) is 5.75 Å². The summed E-state index contributed by atoms with van der Waals surface area (Å²) in [6.45, 7) is 3.10. The van der Waals surface area contributed by atoms with Gasteiger partial charge in [0.25, 0.3) is 0 Å². The number of amides is 1. The average Bonchev–Trinajstić information content (AvgIpc) is 2.57. The fourth-order valence-corrected chi connectivity index (χ4v) is 1.92. The van der Waals surface area contributed by atoms with Gasteiger partial charge in [0, 0.05) is 6.54 Å². The molecule has 1 saturated heterocycles. The highest BCUT2D eigenvalue weighted by Crippen LogP contribution is 2.10. The average molecular weight is 239 g/mol. The number of carbonyl (C=O) groups excluding carboxylic acids is 1. The monoisotopic (exact) mass is 238 g/mol. The van der Waals surface area contributed by atoms with Gasteiger partial charge in [0.2, 0.25) is 5.91 Å². The molecule has 0 radical (unpaired) electrons. The lowest BCUT2D eigenvalue weighted by Crippen LogP contribution is -2.27. The third-order valence-corrected chi connectivity index (χ3v) is 2.86. The minimum absolute atomic E-state index is 0. The van der Waals surface area contributed by atoms with Crippen LogP contribution in [0.25, 0.3) is 0 Å². The van der Waals surface area contributed by atoms with Gasteiger partial charge in [-0.2, -0.15) is 11.8 Å². The van der Waals surface area contributed by atoms with Gasteiger partial charge in [-0.1, -0.05) is 0 Å². The Morgan fingerprint density at radius 2 is 2.43 bits per heavy atom. The third-order valence-electron chi connectivity index (χ3n) is 2.31. The molecule has 1 rings (SSSR count). The van der Waals surface area contributed by atoms with Gasteiger partial charge in [-0.15, -0.1) is 12.4 Å². The molecule has 2 N–H and O–H groups in total. The summed E-state index contributed by atoms with van der Waals surface area (Å²) in [4.78, 5) is 11.1. The number of nitrogens with one attached hydrogen (secondary N) is 2. The van der Waals surface area contributed by atoms with Crippen LogP contribution in [-0.2, 0) is 4.79 Å². The van der Waals surface area contributed by atoms with E-state index in [1.54, 1.807) is 11.8 Å². The van der Waals surface area contributed by atoms with Crippen LogP contribution >= 0.6 is 24.2 Å². The van der Waals surface area contributed by atoms with Crippen LogP contribution in [0, 0.1) is 5.92 Å². The topological polar surface area (TPSA) is 41.1 Å². The van der Waals surface area contributed by atoms with E-state index in [-0.39, 0.29) is 18.3 Å². The minimum Gasteiger partial charge on any atom is -0.355 e. The normalized spacial score (nSPS) is 20.2.